The van der Waals surface area contributed by atoms with Crippen molar-refractivity contribution in [3.8, 4) is 0 Å². The summed E-state index contributed by atoms with van der Waals surface area (Å²) in [4.78, 5) is 6.99. The highest BCUT2D eigenvalue weighted by Gasteiger charge is 2.01. The normalized spacial score (nSPS) is 9.21. The maximum Gasteiger partial charge on any atom is 0.316 e. The molecule has 0 atom stereocenters. The van der Waals surface area contributed by atoms with Crippen molar-refractivity contribution in [2.24, 2.45) is 4.99 Å². The van der Waals surface area contributed by atoms with E-state index in [1.54, 1.807) is 30.3 Å². The van der Waals surface area contributed by atoms with Gasteiger partial charge in [-0.15, -0.1) is 0 Å². The summed E-state index contributed by atoms with van der Waals surface area (Å²) < 4.78 is 0. The number of benzene rings is 2. The van der Waals surface area contributed by atoms with E-state index in [0.717, 1.165) is 5.69 Å². The number of aliphatic imine (C=N–C) groups is 1. The number of nitrogens with zero attached hydrogens (tertiary/aromatic N) is 1. The van der Waals surface area contributed by atoms with Gasteiger partial charge in [-0.2, -0.15) is 4.99 Å². The van der Waals surface area contributed by atoms with Gasteiger partial charge >= 0.3 is 6.01 Å². The van der Waals surface area contributed by atoms with Crippen LogP contribution < -0.4 is 17.4 Å². The Labute approximate surface area is 132 Å². The zero-order valence-electron chi connectivity index (χ0n) is 9.50. The largest absolute Gasteiger partial charge is 1.00 e. The molecule has 0 spiro atoms. The summed E-state index contributed by atoms with van der Waals surface area (Å²) in [6.45, 7) is 0. The summed E-state index contributed by atoms with van der Waals surface area (Å²) in [5.74, 6) is 0. The number of hydrogen-bond donors (Lipinski definition) is 1. The van der Waals surface area contributed by atoms with E-state index < -0.39 is 0 Å². The van der Waals surface area contributed by atoms with E-state index in [-0.39, 0.29) is 12.4 Å². The highest BCUT2D eigenvalue weighted by atomic mass is 35.5. The average Bonchev–Trinajstić information content (AvgIpc) is 2.36. The molecule has 98 valence electrons. The Kier molecular flexibility index (Phi) is 6.36. The Balaban J connectivity index is 0.00000180. The van der Waals surface area contributed by atoms with E-state index in [9.17, 15) is 0 Å². The topological polar surface area (TPSA) is 26.3 Å². The third-order valence-corrected chi connectivity index (χ3v) is 3.12. The predicted molar refractivity (Wildman–Crippen MR) is 75.6 cm³/mol. The molecule has 6 heteroatoms. The van der Waals surface area contributed by atoms with Crippen LogP contribution in [0.1, 0.15) is 0 Å². The van der Waals surface area contributed by atoms with Crippen molar-refractivity contribution in [3.63, 3.8) is 0 Å². The van der Waals surface area contributed by atoms with Gasteiger partial charge in [0.15, 0.2) is 5.69 Å². The summed E-state index contributed by atoms with van der Waals surface area (Å²) in [5, 5.41) is 1.65. The summed E-state index contributed by atoms with van der Waals surface area (Å²) in [7, 11) is 0. The maximum absolute atomic E-state index is 5.87. The van der Waals surface area contributed by atoms with Gasteiger partial charge in [0.2, 0.25) is 0 Å². The third-order valence-electron chi connectivity index (χ3n) is 2.13. The van der Waals surface area contributed by atoms with E-state index in [1.165, 1.54) is 0 Å². The van der Waals surface area contributed by atoms with Crippen molar-refractivity contribution in [3.05, 3.63) is 57.5 Å². The first kappa shape index (κ1) is 16.0. The third kappa shape index (κ3) is 4.87. The van der Waals surface area contributed by atoms with Crippen molar-refractivity contribution >= 4 is 52.2 Å². The highest BCUT2D eigenvalue weighted by Crippen LogP contribution is 2.25. The van der Waals surface area contributed by atoms with Crippen LogP contribution in [0, 0.1) is 0 Å². The number of rotatable bonds is 2. The van der Waals surface area contributed by atoms with E-state index in [1.807, 2.05) is 12.1 Å². The van der Waals surface area contributed by atoms with Crippen LogP contribution in [0.5, 0.6) is 0 Å². The van der Waals surface area contributed by atoms with Gasteiger partial charge in [0.1, 0.15) is 5.69 Å². The highest BCUT2D eigenvalue weighted by molar-refractivity contribution is 6.42. The predicted octanol–water partition coefficient (Wildman–Crippen LogP) is 0.869. The summed E-state index contributed by atoms with van der Waals surface area (Å²) in [6, 6.07) is 15.1. The molecule has 0 aromatic heterocycles. The molecule has 2 nitrogen and oxygen atoms in total. The van der Waals surface area contributed by atoms with Crippen LogP contribution in [0.15, 0.2) is 47.5 Å². The summed E-state index contributed by atoms with van der Waals surface area (Å²) in [6.07, 6.45) is 0. The second kappa shape index (κ2) is 7.54. The average molecular weight is 334 g/mol. The second-order valence-corrected chi connectivity index (χ2v) is 4.70. The van der Waals surface area contributed by atoms with Crippen LogP contribution in [0.3, 0.4) is 0 Å². The van der Waals surface area contributed by atoms with Crippen LogP contribution in [0.4, 0.5) is 11.4 Å². The Bertz CT molecular complexity index is 617. The fraction of sp³-hybridized carbons (Fsp3) is 0. The number of halogens is 4. The fourth-order valence-corrected chi connectivity index (χ4v) is 1.66. The molecule has 0 amide bonds. The minimum atomic E-state index is 0. The van der Waals surface area contributed by atoms with E-state index in [0.29, 0.717) is 20.8 Å². The van der Waals surface area contributed by atoms with Crippen LogP contribution >= 0.6 is 34.8 Å². The van der Waals surface area contributed by atoms with E-state index in [2.05, 4.69) is 16.0 Å². The maximum atomic E-state index is 5.87. The molecule has 2 aromatic rings. The van der Waals surface area contributed by atoms with Gasteiger partial charge in [-0.05, 0) is 36.4 Å². The number of hydrogen-bond acceptors (Lipinski definition) is 1. The Morgan fingerprint density at radius 1 is 0.895 bits per heavy atom. The molecule has 2 rings (SSSR count). The van der Waals surface area contributed by atoms with Crippen molar-refractivity contribution in [2.45, 2.75) is 0 Å². The first-order valence-electron chi connectivity index (χ1n) is 5.07. The first-order chi connectivity index (χ1) is 8.65. The molecular formula is C13H8Cl4N2. The molecular weight excluding hydrogens is 326 g/mol. The molecule has 19 heavy (non-hydrogen) atoms. The first-order valence-corrected chi connectivity index (χ1v) is 6.21. The molecule has 0 aliphatic rings. The molecule has 0 aliphatic carbocycles. The summed E-state index contributed by atoms with van der Waals surface area (Å²) >= 11 is 17.5. The van der Waals surface area contributed by atoms with Crippen molar-refractivity contribution in [1.82, 2.24) is 0 Å². The lowest BCUT2D eigenvalue weighted by Gasteiger charge is -1.91. The minimum Gasteiger partial charge on any atom is -1.00 e. The molecule has 2 aromatic carbocycles. The molecule has 0 aliphatic heterocycles. The van der Waals surface area contributed by atoms with Crippen LogP contribution in [-0.2, 0) is 0 Å². The van der Waals surface area contributed by atoms with Crippen molar-refractivity contribution in [1.29, 1.82) is 0 Å². The lowest BCUT2D eigenvalue weighted by Crippen LogP contribution is -3.00. The molecule has 0 saturated heterocycles. The quantitative estimate of drug-likeness (QED) is 0.789. The van der Waals surface area contributed by atoms with Crippen molar-refractivity contribution < 1.29 is 17.4 Å². The molecule has 0 saturated carbocycles. The minimum absolute atomic E-state index is 0. The van der Waals surface area contributed by atoms with Gasteiger partial charge in [0.05, 0.1) is 10.0 Å². The van der Waals surface area contributed by atoms with Gasteiger partial charge in [-0.3, -0.25) is 0 Å². The van der Waals surface area contributed by atoms with Gasteiger partial charge in [-0.1, -0.05) is 34.8 Å². The smallest absolute Gasteiger partial charge is 0.316 e. The van der Waals surface area contributed by atoms with Crippen LogP contribution in [0.25, 0.3) is 0 Å². The second-order valence-electron chi connectivity index (χ2n) is 3.45. The van der Waals surface area contributed by atoms with Gasteiger partial charge in [0.25, 0.3) is 0 Å². The van der Waals surface area contributed by atoms with Gasteiger partial charge in [0, 0.05) is 16.1 Å². The van der Waals surface area contributed by atoms with Crippen LogP contribution in [-0.4, -0.2) is 6.01 Å². The fourth-order valence-electron chi connectivity index (χ4n) is 1.24. The summed E-state index contributed by atoms with van der Waals surface area (Å²) in [5.41, 5.74) is 1.52. The zero-order valence-corrected chi connectivity index (χ0v) is 12.5. The monoisotopic (exact) mass is 332 g/mol. The van der Waals surface area contributed by atoms with E-state index in [4.69, 9.17) is 34.8 Å². The molecule has 0 fully saturated rings. The van der Waals surface area contributed by atoms with E-state index >= 15 is 0 Å². The number of nitrogens with one attached hydrogen (secondary N) is 1. The van der Waals surface area contributed by atoms with Crippen molar-refractivity contribution in [2.75, 3.05) is 0 Å². The van der Waals surface area contributed by atoms with Gasteiger partial charge in [-0.25, -0.2) is 0 Å². The zero-order chi connectivity index (χ0) is 13.0. The lowest BCUT2D eigenvalue weighted by atomic mass is 10.3. The molecule has 0 heterocycles. The van der Waals surface area contributed by atoms with Gasteiger partial charge < -0.3 is 12.4 Å². The molecule has 0 unspecified atom stereocenters. The Morgan fingerprint density at radius 2 is 1.58 bits per heavy atom. The molecule has 0 bridgehead atoms. The van der Waals surface area contributed by atoms with Crippen LogP contribution in [0.2, 0.25) is 15.1 Å². The Morgan fingerprint density at radius 3 is 2.21 bits per heavy atom. The molecule has 1 N–H and O–H groups in total. The standard InChI is InChI=1S/C13H7Cl3N2.ClH/c14-9-1-3-10(4-2-9)17-8-18-11-5-6-12(15)13(16)7-11;/h1-7H;1H. The lowest BCUT2D eigenvalue weighted by molar-refractivity contribution is -0.345. The SMILES string of the molecule is Clc1ccc([NH+]=C=Nc2ccc(Cl)c(Cl)c2)cc1.[Cl-]. The Hall–Kier alpha value is -1.02. The molecule has 0 radical (unpaired) electrons.